The zero-order valence-corrected chi connectivity index (χ0v) is 13.0. The van der Waals surface area contributed by atoms with E-state index >= 15 is 0 Å². The summed E-state index contributed by atoms with van der Waals surface area (Å²) >= 11 is 0. The molecule has 0 atom stereocenters. The quantitative estimate of drug-likeness (QED) is 0.829. The summed E-state index contributed by atoms with van der Waals surface area (Å²) in [6.07, 6.45) is 1.58. The van der Waals surface area contributed by atoms with E-state index in [0.717, 1.165) is 23.2 Å². The van der Waals surface area contributed by atoms with Crippen LogP contribution in [0.2, 0.25) is 0 Å². The third-order valence-corrected chi connectivity index (χ3v) is 3.43. The van der Waals surface area contributed by atoms with E-state index in [2.05, 4.69) is 43.4 Å². The molecule has 0 unspecified atom stereocenters. The Hall–Kier alpha value is -2.09. The molecule has 0 aliphatic heterocycles. The fourth-order valence-corrected chi connectivity index (χ4v) is 2.37. The summed E-state index contributed by atoms with van der Waals surface area (Å²) in [4.78, 5) is 11.6. The second kappa shape index (κ2) is 7.07. The Balaban J connectivity index is 2.27. The first-order valence-corrected chi connectivity index (χ1v) is 7.58. The van der Waals surface area contributed by atoms with Gasteiger partial charge >= 0.3 is 0 Å². The van der Waals surface area contributed by atoms with Crippen LogP contribution < -0.4 is 5.32 Å². The van der Waals surface area contributed by atoms with Crippen LogP contribution in [0.1, 0.15) is 32.8 Å². The fraction of sp³-hybridized carbons (Fsp3) is 0.316. The molecule has 110 valence electrons. The predicted molar refractivity (Wildman–Crippen MR) is 89.3 cm³/mol. The molecule has 0 saturated heterocycles. The molecule has 0 saturated carbocycles. The smallest absolute Gasteiger partial charge is 0.224 e. The minimum absolute atomic E-state index is 0.0406. The highest BCUT2D eigenvalue weighted by molar-refractivity contribution is 5.95. The van der Waals surface area contributed by atoms with Crippen molar-refractivity contribution >= 4 is 11.6 Å². The molecule has 2 heteroatoms. The summed E-state index contributed by atoms with van der Waals surface area (Å²) in [6.45, 7) is 6.31. The molecule has 0 fully saturated rings. The van der Waals surface area contributed by atoms with Crippen molar-refractivity contribution < 1.29 is 4.79 Å². The monoisotopic (exact) mass is 281 g/mol. The Morgan fingerprint density at radius 2 is 1.71 bits per heavy atom. The molecule has 0 radical (unpaired) electrons. The fourth-order valence-electron chi connectivity index (χ4n) is 2.37. The van der Waals surface area contributed by atoms with Crippen molar-refractivity contribution in [3.8, 4) is 11.1 Å². The second-order valence-corrected chi connectivity index (χ2v) is 5.74. The van der Waals surface area contributed by atoms with Crippen molar-refractivity contribution in [2.24, 2.45) is 5.92 Å². The highest BCUT2D eigenvalue weighted by atomic mass is 16.1. The maximum atomic E-state index is 11.6. The number of para-hydroxylation sites is 1. The van der Waals surface area contributed by atoms with Crippen molar-refractivity contribution in [1.29, 1.82) is 0 Å². The molecule has 0 spiro atoms. The molecule has 0 bridgehead atoms. The zero-order chi connectivity index (χ0) is 15.2. The van der Waals surface area contributed by atoms with Gasteiger partial charge in [-0.2, -0.15) is 0 Å². The summed E-state index contributed by atoms with van der Waals surface area (Å²) in [5, 5.41) is 2.97. The Kier molecular flexibility index (Phi) is 5.15. The van der Waals surface area contributed by atoms with Gasteiger partial charge in [0.2, 0.25) is 5.91 Å². The summed E-state index contributed by atoms with van der Waals surface area (Å²) in [7, 11) is 0. The van der Waals surface area contributed by atoms with Crippen molar-refractivity contribution in [1.82, 2.24) is 0 Å². The van der Waals surface area contributed by atoms with Gasteiger partial charge in [-0.05, 0) is 29.5 Å². The van der Waals surface area contributed by atoms with Crippen LogP contribution in [-0.2, 0) is 11.2 Å². The SMILES string of the molecule is CCC(=O)Nc1ccccc1-c1ccc(CC(C)C)cc1. The molecule has 2 nitrogen and oxygen atoms in total. The minimum Gasteiger partial charge on any atom is -0.326 e. The number of nitrogens with one attached hydrogen (secondary N) is 1. The lowest BCUT2D eigenvalue weighted by molar-refractivity contribution is -0.115. The van der Waals surface area contributed by atoms with E-state index in [4.69, 9.17) is 0 Å². The molecule has 21 heavy (non-hydrogen) atoms. The Morgan fingerprint density at radius 1 is 1.05 bits per heavy atom. The van der Waals surface area contributed by atoms with Crippen LogP contribution in [0.4, 0.5) is 5.69 Å². The van der Waals surface area contributed by atoms with Crippen LogP contribution in [0.15, 0.2) is 48.5 Å². The Bertz CT molecular complexity index is 599. The maximum absolute atomic E-state index is 11.6. The topological polar surface area (TPSA) is 29.1 Å². The molecule has 2 aromatic carbocycles. The van der Waals surface area contributed by atoms with Crippen LogP contribution in [-0.4, -0.2) is 5.91 Å². The normalized spacial score (nSPS) is 10.7. The van der Waals surface area contributed by atoms with Gasteiger partial charge in [-0.15, -0.1) is 0 Å². The maximum Gasteiger partial charge on any atom is 0.224 e. The third-order valence-electron chi connectivity index (χ3n) is 3.43. The highest BCUT2D eigenvalue weighted by Gasteiger charge is 2.07. The number of rotatable bonds is 5. The van der Waals surface area contributed by atoms with Crippen LogP contribution in [0.5, 0.6) is 0 Å². The summed E-state index contributed by atoms with van der Waals surface area (Å²) in [5.41, 5.74) is 4.43. The predicted octanol–water partition coefficient (Wildman–Crippen LogP) is 4.90. The van der Waals surface area contributed by atoms with Gasteiger partial charge in [0.25, 0.3) is 0 Å². The lowest BCUT2D eigenvalue weighted by atomic mass is 9.98. The van der Waals surface area contributed by atoms with Crippen molar-refractivity contribution in [3.63, 3.8) is 0 Å². The first kappa shape index (κ1) is 15.3. The first-order valence-electron chi connectivity index (χ1n) is 7.58. The Labute approximate surface area is 127 Å². The number of carbonyl (C=O) groups is 1. The average molecular weight is 281 g/mol. The van der Waals surface area contributed by atoms with Crippen molar-refractivity contribution in [2.75, 3.05) is 5.32 Å². The van der Waals surface area contributed by atoms with Crippen LogP contribution in [0.25, 0.3) is 11.1 Å². The van der Waals surface area contributed by atoms with Gasteiger partial charge in [0.05, 0.1) is 0 Å². The van der Waals surface area contributed by atoms with Gasteiger partial charge in [-0.25, -0.2) is 0 Å². The number of carbonyl (C=O) groups excluding carboxylic acids is 1. The second-order valence-electron chi connectivity index (χ2n) is 5.74. The van der Waals surface area contributed by atoms with E-state index in [9.17, 15) is 4.79 Å². The van der Waals surface area contributed by atoms with E-state index in [1.165, 1.54) is 5.56 Å². The van der Waals surface area contributed by atoms with Crippen LogP contribution >= 0.6 is 0 Å². The van der Waals surface area contributed by atoms with Gasteiger partial charge < -0.3 is 5.32 Å². The third kappa shape index (κ3) is 4.19. The first-order chi connectivity index (χ1) is 10.1. The number of amides is 1. The molecule has 2 aromatic rings. The number of hydrogen-bond donors (Lipinski definition) is 1. The Morgan fingerprint density at radius 3 is 2.33 bits per heavy atom. The van der Waals surface area contributed by atoms with Gasteiger partial charge in [-0.1, -0.05) is 63.2 Å². The standard InChI is InChI=1S/C19H23NO/c1-4-19(21)20-18-8-6-5-7-17(18)16-11-9-15(10-12-16)13-14(2)3/h5-12,14H,4,13H2,1-3H3,(H,20,21). The highest BCUT2D eigenvalue weighted by Crippen LogP contribution is 2.28. The molecule has 0 aromatic heterocycles. The molecular weight excluding hydrogens is 258 g/mol. The summed E-state index contributed by atoms with van der Waals surface area (Å²) in [5.74, 6) is 0.700. The zero-order valence-electron chi connectivity index (χ0n) is 13.0. The van der Waals surface area contributed by atoms with Crippen molar-refractivity contribution in [3.05, 3.63) is 54.1 Å². The van der Waals surface area contributed by atoms with E-state index in [0.29, 0.717) is 12.3 Å². The van der Waals surface area contributed by atoms with E-state index < -0.39 is 0 Å². The molecule has 1 amide bonds. The largest absolute Gasteiger partial charge is 0.326 e. The molecule has 0 heterocycles. The van der Waals surface area contributed by atoms with Crippen LogP contribution in [0, 0.1) is 5.92 Å². The van der Waals surface area contributed by atoms with E-state index in [1.807, 2.05) is 31.2 Å². The van der Waals surface area contributed by atoms with Gasteiger partial charge in [0.1, 0.15) is 0 Å². The number of hydrogen-bond acceptors (Lipinski definition) is 1. The average Bonchev–Trinajstić information content (AvgIpc) is 2.48. The number of anilines is 1. The van der Waals surface area contributed by atoms with Gasteiger partial charge in [-0.3, -0.25) is 4.79 Å². The molecule has 0 aliphatic rings. The van der Waals surface area contributed by atoms with Crippen molar-refractivity contribution in [2.45, 2.75) is 33.6 Å². The van der Waals surface area contributed by atoms with E-state index in [1.54, 1.807) is 0 Å². The summed E-state index contributed by atoms with van der Waals surface area (Å²) in [6, 6.07) is 16.6. The lowest BCUT2D eigenvalue weighted by Gasteiger charge is -2.12. The molecule has 0 aliphatic carbocycles. The molecular formula is C19H23NO. The van der Waals surface area contributed by atoms with E-state index in [-0.39, 0.29) is 5.91 Å². The van der Waals surface area contributed by atoms with Crippen LogP contribution in [0.3, 0.4) is 0 Å². The lowest BCUT2D eigenvalue weighted by Crippen LogP contribution is -2.10. The number of benzene rings is 2. The summed E-state index contributed by atoms with van der Waals surface area (Å²) < 4.78 is 0. The van der Waals surface area contributed by atoms with Gasteiger partial charge in [0, 0.05) is 17.7 Å². The molecule has 1 N–H and O–H groups in total. The van der Waals surface area contributed by atoms with Gasteiger partial charge in [0.15, 0.2) is 0 Å². The molecule has 2 rings (SSSR count). The minimum atomic E-state index is 0.0406.